The Balaban J connectivity index is 1.56. The van der Waals surface area contributed by atoms with E-state index in [0.717, 1.165) is 35.4 Å². The molecular formula is C25H25NO2S. The Bertz CT molecular complexity index is 1000. The summed E-state index contributed by atoms with van der Waals surface area (Å²) in [6.45, 7) is 6.78. The Hall–Kier alpha value is -2.33. The van der Waals surface area contributed by atoms with Gasteiger partial charge < -0.3 is 4.42 Å². The molecule has 148 valence electrons. The van der Waals surface area contributed by atoms with E-state index in [2.05, 4.69) is 20.8 Å². The lowest BCUT2D eigenvalue weighted by molar-refractivity contribution is -0.122. The molecule has 3 atom stereocenters. The molecule has 0 saturated heterocycles. The summed E-state index contributed by atoms with van der Waals surface area (Å²) < 4.78 is 6.29. The highest BCUT2D eigenvalue weighted by atomic mass is 32.2. The first-order valence-corrected chi connectivity index (χ1v) is 11.1. The van der Waals surface area contributed by atoms with E-state index >= 15 is 0 Å². The number of carbonyl (C=O) groups is 1. The van der Waals surface area contributed by atoms with Crippen molar-refractivity contribution in [2.24, 2.45) is 16.7 Å². The van der Waals surface area contributed by atoms with Gasteiger partial charge in [0.05, 0.1) is 5.25 Å². The lowest BCUT2D eigenvalue weighted by Crippen LogP contribution is -2.35. The maximum Gasteiger partial charge on any atom is 0.257 e. The second kappa shape index (κ2) is 6.60. The number of hydrogen-bond acceptors (Lipinski definition) is 4. The van der Waals surface area contributed by atoms with E-state index in [9.17, 15) is 4.79 Å². The first kappa shape index (κ1) is 18.7. The van der Waals surface area contributed by atoms with E-state index in [1.807, 2.05) is 60.7 Å². The zero-order valence-electron chi connectivity index (χ0n) is 17.0. The predicted octanol–water partition coefficient (Wildman–Crippen LogP) is 6.49. The van der Waals surface area contributed by atoms with Crippen molar-refractivity contribution in [1.82, 2.24) is 4.98 Å². The van der Waals surface area contributed by atoms with Gasteiger partial charge in [0.15, 0.2) is 11.5 Å². The fraction of sp³-hybridized carbons (Fsp3) is 0.360. The molecule has 29 heavy (non-hydrogen) atoms. The van der Waals surface area contributed by atoms with Gasteiger partial charge >= 0.3 is 0 Å². The van der Waals surface area contributed by atoms with Crippen molar-refractivity contribution in [3.63, 3.8) is 0 Å². The number of ketones is 1. The summed E-state index contributed by atoms with van der Waals surface area (Å²) in [7, 11) is 0. The van der Waals surface area contributed by atoms with Crippen LogP contribution in [0.15, 0.2) is 70.3 Å². The molecule has 0 radical (unpaired) electrons. The van der Waals surface area contributed by atoms with E-state index in [1.54, 1.807) is 0 Å². The van der Waals surface area contributed by atoms with Gasteiger partial charge in [-0.05, 0) is 23.7 Å². The van der Waals surface area contributed by atoms with E-state index in [4.69, 9.17) is 9.40 Å². The molecule has 2 aliphatic carbocycles. The van der Waals surface area contributed by atoms with Gasteiger partial charge in [-0.25, -0.2) is 4.98 Å². The number of Topliss-reactive ketones (excluding diaryl/α,β-unsaturated/α-hetero) is 1. The fourth-order valence-corrected chi connectivity index (χ4v) is 6.64. The van der Waals surface area contributed by atoms with Crippen LogP contribution in [0.2, 0.25) is 0 Å². The maximum absolute atomic E-state index is 13.1. The summed E-state index contributed by atoms with van der Waals surface area (Å²) in [6.07, 6.45) is 2.10. The van der Waals surface area contributed by atoms with Crippen molar-refractivity contribution in [3.8, 4) is 22.6 Å². The van der Waals surface area contributed by atoms with E-state index in [1.165, 1.54) is 11.8 Å². The number of hydrogen-bond donors (Lipinski definition) is 0. The highest BCUT2D eigenvalue weighted by Gasteiger charge is 2.66. The zero-order chi connectivity index (χ0) is 20.2. The average Bonchev–Trinajstić information content (AvgIpc) is 3.29. The van der Waals surface area contributed by atoms with Gasteiger partial charge in [0.25, 0.3) is 5.22 Å². The van der Waals surface area contributed by atoms with Crippen LogP contribution in [0.3, 0.4) is 0 Å². The number of aromatic nitrogens is 1. The summed E-state index contributed by atoms with van der Waals surface area (Å²) in [5.41, 5.74) is 2.86. The predicted molar refractivity (Wildman–Crippen MR) is 117 cm³/mol. The van der Waals surface area contributed by atoms with Gasteiger partial charge in [0.1, 0.15) is 5.69 Å². The number of rotatable bonds is 4. The summed E-state index contributed by atoms with van der Waals surface area (Å²) in [6, 6.07) is 20.2. The molecule has 2 saturated carbocycles. The topological polar surface area (TPSA) is 43.1 Å². The normalized spacial score (nSPS) is 27.5. The van der Waals surface area contributed by atoms with Crippen molar-refractivity contribution in [3.05, 3.63) is 60.7 Å². The van der Waals surface area contributed by atoms with Crippen LogP contribution in [0.4, 0.5) is 0 Å². The van der Waals surface area contributed by atoms with Crippen molar-refractivity contribution in [2.75, 3.05) is 0 Å². The number of oxazole rings is 1. The summed E-state index contributed by atoms with van der Waals surface area (Å²) in [5, 5.41) is 0.493. The van der Waals surface area contributed by atoms with Crippen molar-refractivity contribution < 1.29 is 9.21 Å². The Labute approximate surface area is 175 Å². The molecule has 1 heterocycles. The molecule has 1 aromatic heterocycles. The van der Waals surface area contributed by atoms with Crippen LogP contribution in [0.5, 0.6) is 0 Å². The number of fused-ring (bicyclic) bond motifs is 2. The van der Waals surface area contributed by atoms with Gasteiger partial charge in [0.2, 0.25) is 0 Å². The minimum atomic E-state index is -0.0952. The molecule has 3 aromatic rings. The molecule has 0 N–H and O–H groups in total. The third-order valence-corrected chi connectivity index (χ3v) is 8.75. The number of nitrogens with zero attached hydrogens (tertiary/aromatic N) is 1. The second-order valence-corrected chi connectivity index (χ2v) is 10.1. The van der Waals surface area contributed by atoms with Crippen LogP contribution < -0.4 is 0 Å². The Kier molecular flexibility index (Phi) is 4.25. The van der Waals surface area contributed by atoms with E-state index in [0.29, 0.717) is 11.0 Å². The molecule has 3 nitrogen and oxygen atoms in total. The van der Waals surface area contributed by atoms with E-state index < -0.39 is 0 Å². The van der Waals surface area contributed by atoms with Gasteiger partial charge in [-0.3, -0.25) is 4.79 Å². The fourth-order valence-electron chi connectivity index (χ4n) is 5.21. The second-order valence-electron chi connectivity index (χ2n) is 9.02. The molecule has 2 aromatic carbocycles. The number of benzene rings is 2. The zero-order valence-corrected chi connectivity index (χ0v) is 17.8. The van der Waals surface area contributed by atoms with Crippen LogP contribution in [0, 0.1) is 16.7 Å². The van der Waals surface area contributed by atoms with Gasteiger partial charge in [-0.1, -0.05) is 93.2 Å². The van der Waals surface area contributed by atoms with Crippen LogP contribution in [0.25, 0.3) is 22.6 Å². The Morgan fingerprint density at radius 1 is 0.966 bits per heavy atom. The maximum atomic E-state index is 13.1. The van der Waals surface area contributed by atoms with Crippen molar-refractivity contribution >= 4 is 17.5 Å². The first-order chi connectivity index (χ1) is 13.9. The molecule has 0 unspecified atom stereocenters. The standard InChI is InChI=1S/C25H25NO2S/c1-24(2)18-14-15-25(24,3)22(20(18)27)29-23-26-19(16-10-6-4-7-11-16)21(28-23)17-12-8-5-9-13-17/h4-13,18,22H,14-15H2,1-3H3/t18-,22+,25-/m0/s1. The molecule has 2 bridgehead atoms. The highest BCUT2D eigenvalue weighted by Crippen LogP contribution is 2.67. The van der Waals surface area contributed by atoms with Crippen LogP contribution in [0.1, 0.15) is 33.6 Å². The lowest BCUT2D eigenvalue weighted by Gasteiger charge is -2.37. The molecule has 2 aliphatic rings. The third kappa shape index (κ3) is 2.72. The van der Waals surface area contributed by atoms with Gasteiger partial charge in [-0.2, -0.15) is 0 Å². The molecule has 0 aliphatic heterocycles. The monoisotopic (exact) mass is 403 g/mol. The van der Waals surface area contributed by atoms with Crippen molar-refractivity contribution in [1.29, 1.82) is 0 Å². The smallest absolute Gasteiger partial charge is 0.257 e. The largest absolute Gasteiger partial charge is 0.431 e. The third-order valence-electron chi connectivity index (χ3n) is 7.39. The van der Waals surface area contributed by atoms with Crippen LogP contribution in [-0.4, -0.2) is 16.0 Å². The van der Waals surface area contributed by atoms with Crippen LogP contribution >= 0.6 is 11.8 Å². The SMILES string of the molecule is CC1(C)[C@H]2CC[C@@]1(C)[C@H](Sc1nc(-c3ccccc3)c(-c3ccccc3)o1)C2=O. The highest BCUT2D eigenvalue weighted by molar-refractivity contribution is 8.00. The number of carbonyl (C=O) groups excluding carboxylic acids is 1. The van der Waals surface area contributed by atoms with E-state index in [-0.39, 0.29) is 22.0 Å². The quantitative estimate of drug-likeness (QED) is 0.499. The molecule has 0 amide bonds. The average molecular weight is 404 g/mol. The molecule has 2 fully saturated rings. The molecule has 0 spiro atoms. The number of thioether (sulfide) groups is 1. The molecule has 5 rings (SSSR count). The molecular weight excluding hydrogens is 378 g/mol. The summed E-state index contributed by atoms with van der Waals surface area (Å²) in [5.74, 6) is 1.29. The first-order valence-electron chi connectivity index (χ1n) is 10.2. The summed E-state index contributed by atoms with van der Waals surface area (Å²) >= 11 is 1.52. The minimum Gasteiger partial charge on any atom is -0.431 e. The minimum absolute atomic E-state index is 0.0201. The Morgan fingerprint density at radius 2 is 1.59 bits per heavy atom. The summed E-state index contributed by atoms with van der Waals surface area (Å²) in [4.78, 5) is 18.0. The van der Waals surface area contributed by atoms with Crippen LogP contribution in [-0.2, 0) is 4.79 Å². The lowest BCUT2D eigenvalue weighted by atomic mass is 9.71. The van der Waals surface area contributed by atoms with Crippen molar-refractivity contribution in [2.45, 2.75) is 44.1 Å². The Morgan fingerprint density at radius 3 is 2.17 bits per heavy atom. The molecule has 4 heteroatoms. The van der Waals surface area contributed by atoms with Gasteiger partial charge in [0, 0.05) is 17.0 Å². The van der Waals surface area contributed by atoms with Gasteiger partial charge in [-0.15, -0.1) is 0 Å².